The number of nitrogens with zero attached hydrogens (tertiary/aromatic N) is 2. The normalized spacial score (nSPS) is 7.89. The van der Waals surface area contributed by atoms with Gasteiger partial charge >= 0.3 is 16.5 Å². The van der Waals surface area contributed by atoms with Crippen molar-refractivity contribution in [2.45, 2.75) is 0 Å². The fourth-order valence-corrected chi connectivity index (χ4v) is 2.36. The summed E-state index contributed by atoms with van der Waals surface area (Å²) in [7, 11) is 2.00. The van der Waals surface area contributed by atoms with E-state index >= 15 is 0 Å². The number of carbonyl (C=O) groups excluding carboxylic acids is 2. The molecular formula is C22H30N2NiO10+2. The van der Waals surface area contributed by atoms with E-state index in [1.165, 1.54) is 12.1 Å². The zero-order valence-electron chi connectivity index (χ0n) is 18.8. The van der Waals surface area contributed by atoms with E-state index in [-0.39, 0.29) is 49.8 Å². The van der Waals surface area contributed by atoms with Crippen LogP contribution in [-0.2, 0) is 27.4 Å². The third kappa shape index (κ3) is 12.5. The van der Waals surface area contributed by atoms with Crippen LogP contribution in [-0.4, -0.2) is 57.3 Å². The third-order valence-electron chi connectivity index (χ3n) is 3.62. The molecule has 196 valence electrons. The monoisotopic (exact) mass is 540 g/mol. The number of rotatable bonds is 2. The van der Waals surface area contributed by atoms with Gasteiger partial charge in [-0.25, -0.2) is 9.97 Å². The van der Waals surface area contributed by atoms with E-state index in [9.17, 15) is 19.8 Å². The Morgan fingerprint density at radius 3 is 1.17 bits per heavy atom. The molecule has 0 saturated carbocycles. The van der Waals surface area contributed by atoms with Crippen molar-refractivity contribution in [1.29, 1.82) is 0 Å². The maximum absolute atomic E-state index is 10.5. The van der Waals surface area contributed by atoms with Crippen LogP contribution in [0.4, 0.5) is 0 Å². The van der Waals surface area contributed by atoms with E-state index in [0.717, 1.165) is 25.0 Å². The number of fused-ring (bicyclic) bond motifs is 2. The summed E-state index contributed by atoms with van der Waals surface area (Å²) in [6.07, 6.45) is 0. The Morgan fingerprint density at radius 2 is 0.886 bits per heavy atom. The summed E-state index contributed by atoms with van der Waals surface area (Å²) in [5.74, 6) is -2.49. The number of aliphatic hydroxyl groups excluding tert-OH is 2. The van der Waals surface area contributed by atoms with Gasteiger partial charge in [0.25, 0.3) is 0 Å². The number of carboxylic acid groups (broad SMARTS) is 2. The Balaban J connectivity index is -0.000000133. The van der Waals surface area contributed by atoms with Crippen LogP contribution < -0.4 is 10.2 Å². The number of para-hydroxylation sites is 2. The molecule has 0 aliphatic rings. The number of pyridine rings is 2. The van der Waals surface area contributed by atoms with Crippen molar-refractivity contribution in [3.05, 3.63) is 84.2 Å². The van der Waals surface area contributed by atoms with E-state index in [2.05, 4.69) is 9.97 Å². The number of aromatic nitrogens is 2. The second-order valence-electron chi connectivity index (χ2n) is 5.35. The van der Waals surface area contributed by atoms with Gasteiger partial charge in [-0.15, -0.1) is 0 Å². The van der Waals surface area contributed by atoms with Crippen LogP contribution in [0.15, 0.2) is 72.8 Å². The number of carbonyl (C=O) groups is 2. The van der Waals surface area contributed by atoms with Gasteiger partial charge in [0.05, 0.1) is 34.4 Å². The molecule has 2 aromatic heterocycles. The molecule has 4 rings (SSSR count). The molecule has 2 aromatic carbocycles. The van der Waals surface area contributed by atoms with Crippen molar-refractivity contribution in [3.63, 3.8) is 0 Å². The molecule has 12 nitrogen and oxygen atoms in total. The number of hydrogen-bond donors (Lipinski definition) is 2. The first kappa shape index (κ1) is 41.7. The first-order valence-electron chi connectivity index (χ1n) is 8.58. The zero-order valence-corrected chi connectivity index (χ0v) is 19.8. The topological polar surface area (TPSA) is 276 Å². The average molecular weight is 541 g/mol. The molecule has 12 N–H and O–H groups in total. The second-order valence-corrected chi connectivity index (χ2v) is 5.35. The Hall–Kier alpha value is -3.55. The van der Waals surface area contributed by atoms with Crippen LogP contribution in [0.1, 0.15) is 21.0 Å². The molecule has 0 aliphatic heterocycles. The van der Waals surface area contributed by atoms with E-state index in [0.29, 0.717) is 11.0 Å². The molecule has 35 heavy (non-hydrogen) atoms. The summed E-state index contributed by atoms with van der Waals surface area (Å²) in [4.78, 5) is 28.8. The standard InChI is InChI=1S/2C10H7NO2.2CH4O.Ni.4H2O/c2*12-10(13)9-6-5-7-3-1-2-4-8(7)11-9;2*1-2;;;;;/h2*1-6H,(H,12,13);2*2H,1H3;;4*1H2/q;;;;+2;;;;. The average Bonchev–Trinajstić information content (AvgIpc) is 2.81. The van der Waals surface area contributed by atoms with E-state index in [4.69, 9.17) is 10.2 Å². The molecule has 0 bridgehead atoms. The summed E-state index contributed by atoms with van der Waals surface area (Å²) in [5.41, 5.74) is 1.28. The number of hydrogen-bond acceptors (Lipinski definition) is 8. The molecule has 0 fully saturated rings. The van der Waals surface area contributed by atoms with Crippen LogP contribution in [0.3, 0.4) is 0 Å². The quantitative estimate of drug-likeness (QED) is 0.193. The van der Waals surface area contributed by atoms with Gasteiger partial charge in [-0.1, -0.05) is 48.5 Å². The molecule has 13 heteroatoms. The van der Waals surface area contributed by atoms with Gasteiger partial charge in [0.15, 0.2) is 0 Å². The Kier molecular flexibility index (Phi) is 26.5. The van der Waals surface area contributed by atoms with E-state index in [1.807, 2.05) is 36.4 Å². The molecule has 0 atom stereocenters. The van der Waals surface area contributed by atoms with Crippen LogP contribution in [0.2, 0.25) is 0 Å². The molecular weight excluding hydrogens is 511 g/mol. The second kappa shape index (κ2) is 22.3. The van der Waals surface area contributed by atoms with Gasteiger partial charge < -0.3 is 51.9 Å². The molecule has 2 heterocycles. The minimum Gasteiger partial charge on any atom is -0.543 e. The number of carboxylic acids is 2. The largest absolute Gasteiger partial charge is 2.00 e. The molecule has 4 aromatic rings. The van der Waals surface area contributed by atoms with Gasteiger partial charge in [-0.05, 0) is 24.3 Å². The Bertz CT molecular complexity index is 1040. The van der Waals surface area contributed by atoms with Crippen molar-refractivity contribution in [1.82, 2.24) is 9.97 Å². The van der Waals surface area contributed by atoms with Gasteiger partial charge in [-0.2, -0.15) is 0 Å². The molecule has 0 spiro atoms. The summed E-state index contributed by atoms with van der Waals surface area (Å²) in [5, 5.41) is 36.8. The molecule has 0 saturated heterocycles. The maximum atomic E-state index is 10.5. The van der Waals surface area contributed by atoms with Gasteiger partial charge in [0.1, 0.15) is 0 Å². The molecule has 0 unspecified atom stereocenters. The minimum atomic E-state index is -1.24. The number of aliphatic hydroxyl groups is 2. The van der Waals surface area contributed by atoms with Crippen molar-refractivity contribution in [2.24, 2.45) is 0 Å². The predicted molar refractivity (Wildman–Crippen MR) is 125 cm³/mol. The van der Waals surface area contributed by atoms with Gasteiger partial charge in [0, 0.05) is 25.0 Å². The van der Waals surface area contributed by atoms with E-state index in [1.54, 1.807) is 24.3 Å². The van der Waals surface area contributed by atoms with Crippen LogP contribution in [0.25, 0.3) is 21.8 Å². The maximum Gasteiger partial charge on any atom is 2.00 e. The number of benzene rings is 2. The summed E-state index contributed by atoms with van der Waals surface area (Å²) in [6.45, 7) is 0. The Morgan fingerprint density at radius 1 is 0.600 bits per heavy atom. The first-order valence-corrected chi connectivity index (χ1v) is 8.58. The van der Waals surface area contributed by atoms with Crippen molar-refractivity contribution in [3.8, 4) is 0 Å². The van der Waals surface area contributed by atoms with Crippen LogP contribution >= 0.6 is 0 Å². The van der Waals surface area contributed by atoms with E-state index < -0.39 is 11.9 Å². The summed E-state index contributed by atoms with van der Waals surface area (Å²) < 4.78 is 0. The molecule has 0 aliphatic carbocycles. The smallest absolute Gasteiger partial charge is 0.543 e. The van der Waals surface area contributed by atoms with Gasteiger partial charge in [0.2, 0.25) is 0 Å². The summed E-state index contributed by atoms with van der Waals surface area (Å²) in [6, 6.07) is 21.0. The van der Waals surface area contributed by atoms with Crippen LogP contribution in [0, 0.1) is 0 Å². The van der Waals surface area contributed by atoms with Crippen molar-refractivity contribution < 1.29 is 68.4 Å². The zero-order chi connectivity index (χ0) is 22.5. The third-order valence-corrected chi connectivity index (χ3v) is 3.62. The number of aromatic carboxylic acids is 2. The van der Waals surface area contributed by atoms with Crippen LogP contribution in [0.5, 0.6) is 0 Å². The fourth-order valence-electron chi connectivity index (χ4n) is 2.36. The van der Waals surface area contributed by atoms with Crippen molar-refractivity contribution >= 4 is 33.7 Å². The fraction of sp³-hybridized carbons (Fsp3) is 0.0909. The summed E-state index contributed by atoms with van der Waals surface area (Å²) >= 11 is 0. The molecule has 0 amide bonds. The van der Waals surface area contributed by atoms with Crippen molar-refractivity contribution in [2.75, 3.05) is 14.2 Å². The predicted octanol–water partition coefficient (Wildman–Crippen LogP) is -3.08. The Labute approximate surface area is 210 Å². The SMILES string of the molecule is CO.CO.O.O.O=C([O-])c1ccc2ccccc2n1.O=C([O-])c1ccc2ccccc2n1.[Ni+2].[OH3+].[OH3+]. The first-order chi connectivity index (χ1) is 14.5. The molecule has 0 radical (unpaired) electrons. The van der Waals surface area contributed by atoms with Gasteiger partial charge in [-0.3, -0.25) is 0 Å². The minimum absolute atomic E-state index is 0.